The third-order valence-electron chi connectivity index (χ3n) is 3.65. The van der Waals surface area contributed by atoms with E-state index in [9.17, 15) is 0 Å². The SMILES string of the molecule is CN=C(NCc1ncc(C(C)(C)C)o1)NCC(C)Oc1ccccc1Br. The zero-order valence-electron chi connectivity index (χ0n) is 16.0. The molecule has 1 atom stereocenters. The molecule has 0 saturated heterocycles. The van der Waals surface area contributed by atoms with E-state index in [1.807, 2.05) is 31.2 Å². The maximum absolute atomic E-state index is 5.92. The van der Waals surface area contributed by atoms with Gasteiger partial charge >= 0.3 is 0 Å². The van der Waals surface area contributed by atoms with Gasteiger partial charge in [0, 0.05) is 12.5 Å². The molecule has 0 radical (unpaired) electrons. The van der Waals surface area contributed by atoms with Crippen LogP contribution in [0.2, 0.25) is 0 Å². The van der Waals surface area contributed by atoms with Crippen LogP contribution in [-0.2, 0) is 12.0 Å². The zero-order valence-corrected chi connectivity index (χ0v) is 17.6. The molecule has 1 aromatic heterocycles. The standard InChI is InChI=1S/C19H27BrN4O2/c1-13(25-15-9-7-6-8-14(15)20)10-23-18(21-5)24-12-17-22-11-16(26-17)19(2,3)4/h6-9,11,13H,10,12H2,1-5H3,(H2,21,23,24). The highest BCUT2D eigenvalue weighted by atomic mass is 79.9. The maximum atomic E-state index is 5.92. The van der Waals surface area contributed by atoms with Gasteiger partial charge < -0.3 is 19.8 Å². The number of hydrogen-bond donors (Lipinski definition) is 2. The van der Waals surface area contributed by atoms with Crippen LogP contribution < -0.4 is 15.4 Å². The van der Waals surface area contributed by atoms with Crippen LogP contribution in [0.15, 0.2) is 44.3 Å². The van der Waals surface area contributed by atoms with Crippen molar-refractivity contribution in [1.29, 1.82) is 0 Å². The fourth-order valence-corrected chi connectivity index (χ4v) is 2.54. The molecule has 1 aromatic carbocycles. The quantitative estimate of drug-likeness (QED) is 0.545. The minimum atomic E-state index is -0.0519. The maximum Gasteiger partial charge on any atom is 0.213 e. The molecule has 0 fully saturated rings. The van der Waals surface area contributed by atoms with Crippen molar-refractivity contribution in [2.45, 2.75) is 45.8 Å². The van der Waals surface area contributed by atoms with Gasteiger partial charge in [-0.25, -0.2) is 4.98 Å². The number of para-hydroxylation sites is 1. The number of benzene rings is 1. The van der Waals surface area contributed by atoms with Gasteiger partial charge in [0.15, 0.2) is 5.96 Å². The van der Waals surface area contributed by atoms with Crippen LogP contribution in [0.5, 0.6) is 5.75 Å². The van der Waals surface area contributed by atoms with E-state index in [-0.39, 0.29) is 11.5 Å². The lowest BCUT2D eigenvalue weighted by molar-refractivity contribution is 0.222. The van der Waals surface area contributed by atoms with E-state index in [1.165, 1.54) is 0 Å². The molecule has 0 amide bonds. The summed E-state index contributed by atoms with van der Waals surface area (Å²) in [5.41, 5.74) is -0.0519. The molecule has 142 valence electrons. The average Bonchev–Trinajstić information content (AvgIpc) is 3.06. The molecule has 0 spiro atoms. The van der Waals surface area contributed by atoms with Crippen molar-refractivity contribution in [3.63, 3.8) is 0 Å². The molecule has 26 heavy (non-hydrogen) atoms. The van der Waals surface area contributed by atoms with Gasteiger partial charge in [-0.15, -0.1) is 0 Å². The Morgan fingerprint density at radius 1 is 1.31 bits per heavy atom. The molecule has 7 heteroatoms. The molecule has 2 rings (SSSR count). The smallest absolute Gasteiger partial charge is 0.213 e. The zero-order chi connectivity index (χ0) is 19.2. The summed E-state index contributed by atoms with van der Waals surface area (Å²) in [5, 5.41) is 6.44. The average molecular weight is 423 g/mol. The van der Waals surface area contributed by atoms with Gasteiger partial charge in [-0.3, -0.25) is 4.99 Å². The van der Waals surface area contributed by atoms with E-state index in [0.717, 1.165) is 16.0 Å². The summed E-state index contributed by atoms with van der Waals surface area (Å²) in [6.07, 6.45) is 1.75. The Bertz CT molecular complexity index is 737. The minimum absolute atomic E-state index is 0.0264. The Balaban J connectivity index is 1.80. The number of aliphatic imine (C=N–C) groups is 1. The summed E-state index contributed by atoms with van der Waals surface area (Å²) in [6, 6.07) is 7.80. The topological polar surface area (TPSA) is 71.7 Å². The largest absolute Gasteiger partial charge is 0.488 e. The first-order valence-corrected chi connectivity index (χ1v) is 9.39. The summed E-state index contributed by atoms with van der Waals surface area (Å²) >= 11 is 3.49. The van der Waals surface area contributed by atoms with Crippen LogP contribution in [0.3, 0.4) is 0 Å². The number of ether oxygens (including phenoxy) is 1. The third kappa shape index (κ3) is 6.05. The molecule has 0 saturated carbocycles. The van der Waals surface area contributed by atoms with Gasteiger partial charge in [0.05, 0.1) is 23.8 Å². The van der Waals surface area contributed by atoms with E-state index >= 15 is 0 Å². The first-order valence-electron chi connectivity index (χ1n) is 8.60. The third-order valence-corrected chi connectivity index (χ3v) is 4.30. The fraction of sp³-hybridized carbons (Fsp3) is 0.474. The first kappa shape index (κ1) is 20.3. The first-order chi connectivity index (χ1) is 12.3. The highest BCUT2D eigenvalue weighted by molar-refractivity contribution is 9.10. The van der Waals surface area contributed by atoms with E-state index in [4.69, 9.17) is 9.15 Å². The van der Waals surface area contributed by atoms with Gasteiger partial charge in [0.2, 0.25) is 5.89 Å². The molecular formula is C19H27BrN4O2. The molecular weight excluding hydrogens is 396 g/mol. The Morgan fingerprint density at radius 3 is 2.65 bits per heavy atom. The van der Waals surface area contributed by atoms with E-state index in [2.05, 4.69) is 57.3 Å². The lowest BCUT2D eigenvalue weighted by Gasteiger charge is -2.18. The van der Waals surface area contributed by atoms with Crippen molar-refractivity contribution in [3.05, 3.63) is 46.6 Å². The summed E-state index contributed by atoms with van der Waals surface area (Å²) in [4.78, 5) is 8.52. The van der Waals surface area contributed by atoms with Crippen molar-refractivity contribution in [3.8, 4) is 5.75 Å². The number of guanidine groups is 1. The predicted molar refractivity (Wildman–Crippen MR) is 108 cm³/mol. The number of aromatic nitrogens is 1. The molecule has 1 unspecified atom stereocenters. The summed E-state index contributed by atoms with van der Waals surface area (Å²) < 4.78 is 12.6. The van der Waals surface area contributed by atoms with Crippen molar-refractivity contribution in [1.82, 2.24) is 15.6 Å². The highest BCUT2D eigenvalue weighted by Gasteiger charge is 2.19. The summed E-state index contributed by atoms with van der Waals surface area (Å²) in [6.45, 7) is 9.37. The van der Waals surface area contributed by atoms with Crippen LogP contribution >= 0.6 is 15.9 Å². The Kier molecular flexibility index (Phi) is 7.08. The van der Waals surface area contributed by atoms with Crippen molar-refractivity contribution < 1.29 is 9.15 Å². The number of halogens is 1. The number of rotatable bonds is 6. The van der Waals surface area contributed by atoms with Gasteiger partial charge in [-0.2, -0.15) is 0 Å². The van der Waals surface area contributed by atoms with Gasteiger partial charge in [0.25, 0.3) is 0 Å². The second kappa shape index (κ2) is 9.07. The summed E-state index contributed by atoms with van der Waals surface area (Å²) in [5.74, 6) is 2.99. The Morgan fingerprint density at radius 2 is 2.04 bits per heavy atom. The lowest BCUT2D eigenvalue weighted by Crippen LogP contribution is -2.41. The molecule has 0 aliphatic carbocycles. The molecule has 6 nitrogen and oxygen atoms in total. The fourth-order valence-electron chi connectivity index (χ4n) is 2.16. The van der Waals surface area contributed by atoms with E-state index in [1.54, 1.807) is 13.2 Å². The van der Waals surface area contributed by atoms with Crippen molar-refractivity contribution in [2.75, 3.05) is 13.6 Å². The van der Waals surface area contributed by atoms with Gasteiger partial charge in [0.1, 0.15) is 17.6 Å². The lowest BCUT2D eigenvalue weighted by atomic mass is 9.94. The predicted octanol–water partition coefficient (Wildman–Crippen LogP) is 3.87. The number of hydrogen-bond acceptors (Lipinski definition) is 4. The number of oxazole rings is 1. The van der Waals surface area contributed by atoms with Crippen LogP contribution in [0, 0.1) is 0 Å². The van der Waals surface area contributed by atoms with Crippen LogP contribution in [0.1, 0.15) is 39.3 Å². The molecule has 2 aromatic rings. The molecule has 0 bridgehead atoms. The number of nitrogens with one attached hydrogen (secondary N) is 2. The molecule has 2 N–H and O–H groups in total. The van der Waals surface area contributed by atoms with Crippen LogP contribution in [0.4, 0.5) is 0 Å². The van der Waals surface area contributed by atoms with Crippen LogP contribution in [0.25, 0.3) is 0 Å². The van der Waals surface area contributed by atoms with Crippen LogP contribution in [-0.4, -0.2) is 30.6 Å². The van der Waals surface area contributed by atoms with Gasteiger partial charge in [-0.1, -0.05) is 32.9 Å². The molecule has 0 aliphatic rings. The van der Waals surface area contributed by atoms with Crippen molar-refractivity contribution in [2.24, 2.45) is 4.99 Å². The second-order valence-electron chi connectivity index (χ2n) is 7.03. The second-order valence-corrected chi connectivity index (χ2v) is 7.89. The Hall–Kier alpha value is -2.02. The Labute approximate surface area is 163 Å². The highest BCUT2D eigenvalue weighted by Crippen LogP contribution is 2.24. The van der Waals surface area contributed by atoms with Crippen molar-refractivity contribution >= 4 is 21.9 Å². The molecule has 1 heterocycles. The number of nitrogens with zero attached hydrogens (tertiary/aromatic N) is 2. The summed E-state index contributed by atoms with van der Waals surface area (Å²) in [7, 11) is 1.73. The molecule has 0 aliphatic heterocycles. The minimum Gasteiger partial charge on any atom is -0.488 e. The monoisotopic (exact) mass is 422 g/mol. The van der Waals surface area contributed by atoms with E-state index in [0.29, 0.717) is 24.9 Å². The normalized spacial score (nSPS) is 13.4. The van der Waals surface area contributed by atoms with Gasteiger partial charge in [-0.05, 0) is 35.0 Å². The van der Waals surface area contributed by atoms with E-state index < -0.39 is 0 Å².